The summed E-state index contributed by atoms with van der Waals surface area (Å²) in [7, 11) is 1.61. The lowest BCUT2D eigenvalue weighted by Crippen LogP contribution is -2.22. The van der Waals surface area contributed by atoms with Gasteiger partial charge in [0.25, 0.3) is 0 Å². The molecule has 1 aromatic carbocycles. The summed E-state index contributed by atoms with van der Waals surface area (Å²) in [6, 6.07) is 5.84. The van der Waals surface area contributed by atoms with Crippen LogP contribution in [0.3, 0.4) is 0 Å². The third kappa shape index (κ3) is 4.53. The molecule has 1 amide bonds. The smallest absolute Gasteiger partial charge is 0.407 e. The van der Waals surface area contributed by atoms with Crippen molar-refractivity contribution in [3.63, 3.8) is 0 Å². The molecule has 2 N–H and O–H groups in total. The third-order valence-electron chi connectivity index (χ3n) is 3.16. The maximum atomic E-state index is 11.0. The van der Waals surface area contributed by atoms with Crippen LogP contribution in [0.1, 0.15) is 18.9 Å². The van der Waals surface area contributed by atoms with Gasteiger partial charge >= 0.3 is 6.09 Å². The Morgan fingerprint density at radius 3 is 2.95 bits per heavy atom. The van der Waals surface area contributed by atoms with Crippen molar-refractivity contribution >= 4 is 6.09 Å². The molecular weight excluding hydrogens is 272 g/mol. The molecule has 0 aromatic heterocycles. The zero-order valence-electron chi connectivity index (χ0n) is 12.5. The van der Waals surface area contributed by atoms with E-state index >= 15 is 0 Å². The van der Waals surface area contributed by atoms with Crippen molar-refractivity contribution in [1.29, 1.82) is 0 Å². The zero-order chi connectivity index (χ0) is 15.1. The third-order valence-corrected chi connectivity index (χ3v) is 3.16. The van der Waals surface area contributed by atoms with Crippen molar-refractivity contribution in [2.75, 3.05) is 26.8 Å². The van der Waals surface area contributed by atoms with E-state index in [-0.39, 0.29) is 6.10 Å². The fraction of sp³-hybridized carbons (Fsp3) is 0.533. The lowest BCUT2D eigenvalue weighted by Gasteiger charge is -2.14. The van der Waals surface area contributed by atoms with E-state index in [0.717, 1.165) is 25.1 Å². The number of rotatable bonds is 8. The molecule has 1 aliphatic rings. The van der Waals surface area contributed by atoms with Crippen molar-refractivity contribution in [2.45, 2.75) is 26.0 Å². The summed E-state index contributed by atoms with van der Waals surface area (Å²) >= 11 is 0. The first-order chi connectivity index (χ1) is 10.2. The Labute approximate surface area is 124 Å². The molecule has 1 saturated heterocycles. The average Bonchev–Trinajstić information content (AvgIpc) is 2.91. The summed E-state index contributed by atoms with van der Waals surface area (Å²) in [5.74, 6) is 1.34. The van der Waals surface area contributed by atoms with Gasteiger partial charge in [0, 0.05) is 6.54 Å². The number of methoxy groups -OCH3 is 1. The van der Waals surface area contributed by atoms with Gasteiger partial charge in [-0.15, -0.1) is 0 Å². The van der Waals surface area contributed by atoms with Crippen LogP contribution in [0.5, 0.6) is 11.5 Å². The summed E-state index contributed by atoms with van der Waals surface area (Å²) in [6.45, 7) is 4.67. The Balaban J connectivity index is 1.94. The number of benzene rings is 1. The van der Waals surface area contributed by atoms with Crippen molar-refractivity contribution in [3.8, 4) is 11.5 Å². The van der Waals surface area contributed by atoms with Crippen LogP contribution in [-0.2, 0) is 11.3 Å². The second-order valence-electron chi connectivity index (χ2n) is 4.88. The van der Waals surface area contributed by atoms with Gasteiger partial charge in [-0.1, -0.05) is 13.0 Å². The number of cyclic esters (lactones) is 1. The summed E-state index contributed by atoms with van der Waals surface area (Å²) < 4.78 is 16.1. The number of alkyl carbamates (subject to hydrolysis) is 1. The van der Waals surface area contributed by atoms with Gasteiger partial charge in [0.15, 0.2) is 17.6 Å². The molecule has 0 bridgehead atoms. The van der Waals surface area contributed by atoms with Crippen LogP contribution >= 0.6 is 0 Å². The number of carbonyl (C=O) groups is 1. The van der Waals surface area contributed by atoms with Crippen LogP contribution in [-0.4, -0.2) is 39.0 Å². The van der Waals surface area contributed by atoms with E-state index in [1.165, 1.54) is 0 Å². The van der Waals surface area contributed by atoms with Crippen molar-refractivity contribution in [3.05, 3.63) is 23.8 Å². The molecule has 0 aliphatic carbocycles. The highest BCUT2D eigenvalue weighted by molar-refractivity contribution is 5.69. The zero-order valence-corrected chi connectivity index (χ0v) is 12.5. The van der Waals surface area contributed by atoms with Gasteiger partial charge in [0.1, 0.15) is 6.61 Å². The van der Waals surface area contributed by atoms with Gasteiger partial charge < -0.3 is 24.8 Å². The minimum absolute atomic E-state index is 0.260. The first kappa shape index (κ1) is 15.4. The van der Waals surface area contributed by atoms with Gasteiger partial charge in [-0.3, -0.25) is 0 Å². The molecule has 0 radical (unpaired) electrons. The van der Waals surface area contributed by atoms with Gasteiger partial charge in [0.05, 0.1) is 13.7 Å². The Kier molecular flexibility index (Phi) is 5.68. The predicted molar refractivity (Wildman–Crippen MR) is 78.8 cm³/mol. The minimum Gasteiger partial charge on any atom is -0.493 e. The normalized spacial score (nSPS) is 17.2. The van der Waals surface area contributed by atoms with Crippen LogP contribution in [0.25, 0.3) is 0 Å². The molecule has 6 heteroatoms. The fourth-order valence-electron chi connectivity index (χ4n) is 2.06. The molecule has 0 saturated carbocycles. The maximum absolute atomic E-state index is 11.0. The van der Waals surface area contributed by atoms with Gasteiger partial charge in [-0.2, -0.15) is 0 Å². The highest BCUT2D eigenvalue weighted by Gasteiger charge is 2.23. The number of hydrogen-bond acceptors (Lipinski definition) is 5. The second kappa shape index (κ2) is 7.73. The van der Waals surface area contributed by atoms with E-state index in [9.17, 15) is 4.79 Å². The van der Waals surface area contributed by atoms with Crippen LogP contribution in [0.15, 0.2) is 18.2 Å². The molecule has 1 aliphatic heterocycles. The van der Waals surface area contributed by atoms with E-state index in [1.54, 1.807) is 7.11 Å². The molecule has 116 valence electrons. The number of hydrogen-bond donors (Lipinski definition) is 2. The van der Waals surface area contributed by atoms with Gasteiger partial charge in [-0.25, -0.2) is 4.79 Å². The molecule has 1 heterocycles. The molecular formula is C15H22N2O4. The largest absolute Gasteiger partial charge is 0.493 e. The first-order valence-corrected chi connectivity index (χ1v) is 7.17. The summed E-state index contributed by atoms with van der Waals surface area (Å²) in [6.07, 6.45) is 0.441. The van der Waals surface area contributed by atoms with Gasteiger partial charge in [-0.05, 0) is 30.7 Å². The Morgan fingerprint density at radius 2 is 2.29 bits per heavy atom. The lowest BCUT2D eigenvalue weighted by atomic mass is 10.2. The van der Waals surface area contributed by atoms with Crippen LogP contribution < -0.4 is 20.1 Å². The van der Waals surface area contributed by atoms with E-state index in [1.807, 2.05) is 18.2 Å². The standard InChI is InChI=1S/C15H22N2O4/c1-3-6-16-8-11-4-5-13(19-2)14(7-11)20-10-12-9-17-15(18)21-12/h4-5,7,12,16H,3,6,8-10H2,1-2H3,(H,17,18). The first-order valence-electron chi connectivity index (χ1n) is 7.17. The second-order valence-corrected chi connectivity index (χ2v) is 4.88. The fourth-order valence-corrected chi connectivity index (χ4v) is 2.06. The molecule has 1 unspecified atom stereocenters. The van der Waals surface area contributed by atoms with Crippen LogP contribution in [0, 0.1) is 0 Å². The highest BCUT2D eigenvalue weighted by atomic mass is 16.6. The molecule has 21 heavy (non-hydrogen) atoms. The molecule has 1 atom stereocenters. The maximum Gasteiger partial charge on any atom is 0.407 e. The number of nitrogens with one attached hydrogen (secondary N) is 2. The molecule has 0 spiro atoms. The Hall–Kier alpha value is -1.95. The van der Waals surface area contributed by atoms with Crippen molar-refractivity contribution in [1.82, 2.24) is 10.6 Å². The van der Waals surface area contributed by atoms with Crippen molar-refractivity contribution in [2.24, 2.45) is 0 Å². The van der Waals surface area contributed by atoms with E-state index in [2.05, 4.69) is 17.6 Å². The quantitative estimate of drug-likeness (QED) is 0.714. The van der Waals surface area contributed by atoms with Crippen LogP contribution in [0.4, 0.5) is 4.79 Å². The van der Waals surface area contributed by atoms with Crippen LogP contribution in [0.2, 0.25) is 0 Å². The van der Waals surface area contributed by atoms with E-state index in [4.69, 9.17) is 14.2 Å². The topological polar surface area (TPSA) is 68.8 Å². The molecule has 2 rings (SSSR count). The number of ether oxygens (including phenoxy) is 3. The average molecular weight is 294 g/mol. The SMILES string of the molecule is CCCNCc1ccc(OC)c(OCC2CNC(=O)O2)c1. The highest BCUT2D eigenvalue weighted by Crippen LogP contribution is 2.28. The molecule has 1 aromatic rings. The Morgan fingerprint density at radius 1 is 1.43 bits per heavy atom. The van der Waals surface area contributed by atoms with Gasteiger partial charge in [0.2, 0.25) is 0 Å². The molecule has 6 nitrogen and oxygen atoms in total. The summed E-state index contributed by atoms with van der Waals surface area (Å²) in [5, 5.41) is 5.94. The number of amides is 1. The number of carbonyl (C=O) groups excluding carboxylic acids is 1. The molecule has 1 fully saturated rings. The minimum atomic E-state index is -0.395. The Bertz CT molecular complexity index is 479. The summed E-state index contributed by atoms with van der Waals surface area (Å²) in [5.41, 5.74) is 1.13. The van der Waals surface area contributed by atoms with Crippen molar-refractivity contribution < 1.29 is 19.0 Å². The van der Waals surface area contributed by atoms with E-state index in [0.29, 0.717) is 24.7 Å². The monoisotopic (exact) mass is 294 g/mol. The van der Waals surface area contributed by atoms with E-state index < -0.39 is 6.09 Å². The lowest BCUT2D eigenvalue weighted by molar-refractivity contribution is 0.103. The predicted octanol–water partition coefficient (Wildman–Crippen LogP) is 1.68. The summed E-state index contributed by atoms with van der Waals surface area (Å²) in [4.78, 5) is 11.0.